The minimum Gasteiger partial charge on any atom is -0.380 e. The summed E-state index contributed by atoms with van der Waals surface area (Å²) < 4.78 is 0. The maximum Gasteiger partial charge on any atom is 0.229 e. The summed E-state index contributed by atoms with van der Waals surface area (Å²) in [7, 11) is 0. The van der Waals surface area contributed by atoms with E-state index in [1.165, 1.54) is 0 Å². The van der Waals surface area contributed by atoms with Gasteiger partial charge in [0.2, 0.25) is 11.9 Å². The lowest BCUT2D eigenvalue weighted by molar-refractivity contribution is -0.00653. The number of piperidine rings is 1. The molecule has 188 valence electrons. The molecule has 0 atom stereocenters. The number of rotatable bonds is 5. The molecule has 0 unspecified atom stereocenters. The Morgan fingerprint density at radius 3 is 2.03 bits per heavy atom. The Balaban J connectivity index is 1.59. The molecule has 3 aromatic rings. The molecule has 2 heterocycles. The Morgan fingerprint density at radius 1 is 1.00 bits per heavy atom. The number of aliphatic hydroxyl groups is 1. The number of aryl methyl sites for hydroxylation is 2. The van der Waals surface area contributed by atoms with Gasteiger partial charge in [0.25, 0.3) is 0 Å². The van der Waals surface area contributed by atoms with Gasteiger partial charge in [-0.05, 0) is 68.9 Å². The highest BCUT2D eigenvalue weighted by atomic mass is 32.1. The minimum atomic E-state index is -1.07. The Hall–Kier alpha value is -3.36. The quantitative estimate of drug-likeness (QED) is 0.271. The van der Waals surface area contributed by atoms with Gasteiger partial charge in [-0.3, -0.25) is 5.32 Å². The fraction of sp³-hybridized carbons (Fsp3) is 0.357. The second-order valence-corrected chi connectivity index (χ2v) is 9.52. The Labute approximate surface area is 218 Å². The average Bonchev–Trinajstić information content (AvgIpc) is 2.88. The summed E-state index contributed by atoms with van der Waals surface area (Å²) in [5.41, 5.74) is 2.52. The average molecular weight is 503 g/mol. The Kier molecular flexibility index (Phi) is 8.28. The van der Waals surface area contributed by atoms with E-state index < -0.39 is 5.60 Å². The van der Waals surface area contributed by atoms with Gasteiger partial charge in [-0.25, -0.2) is 9.97 Å². The topological polar surface area (TPSA) is 85.7 Å². The predicted octanol–water partition coefficient (Wildman–Crippen LogP) is 4.40. The van der Waals surface area contributed by atoms with E-state index in [2.05, 4.69) is 30.5 Å². The van der Waals surface area contributed by atoms with Crippen LogP contribution in [0.25, 0.3) is 0 Å². The van der Waals surface area contributed by atoms with Crippen molar-refractivity contribution in [3.05, 3.63) is 89.2 Å². The van der Waals surface area contributed by atoms with Crippen molar-refractivity contribution < 1.29 is 5.11 Å². The van der Waals surface area contributed by atoms with E-state index in [0.717, 1.165) is 35.4 Å². The molecular weight excluding hydrogens is 468 g/mol. The number of aromatic nitrogens is 2. The van der Waals surface area contributed by atoms with Crippen LogP contribution in [0.5, 0.6) is 0 Å². The van der Waals surface area contributed by atoms with Crippen LogP contribution in [0.2, 0.25) is 0 Å². The normalized spacial score (nSPS) is 15.0. The lowest BCUT2D eigenvalue weighted by atomic mass is 9.72. The smallest absolute Gasteiger partial charge is 0.229 e. The number of hydrogen-bond acceptors (Lipinski definition) is 4. The summed E-state index contributed by atoms with van der Waals surface area (Å²) in [5.74, 6) is 1.16. The van der Waals surface area contributed by atoms with Gasteiger partial charge in [0, 0.05) is 31.0 Å². The van der Waals surface area contributed by atoms with E-state index in [0.29, 0.717) is 36.7 Å². The maximum absolute atomic E-state index is 12.2. The van der Waals surface area contributed by atoms with Gasteiger partial charge < -0.3 is 15.3 Å². The monoisotopic (exact) mass is 502 g/mol. The van der Waals surface area contributed by atoms with Crippen molar-refractivity contribution >= 4 is 29.2 Å². The number of nitrogens with one attached hydrogen (secondary N) is 2. The Morgan fingerprint density at radius 2 is 1.53 bits per heavy atom. The summed E-state index contributed by atoms with van der Waals surface area (Å²) in [6.07, 6.45) is 1.56. The van der Waals surface area contributed by atoms with Gasteiger partial charge in [0.1, 0.15) is 5.60 Å². The van der Waals surface area contributed by atoms with Gasteiger partial charge in [-0.15, -0.1) is 0 Å². The van der Waals surface area contributed by atoms with Gasteiger partial charge in [0.05, 0.1) is 0 Å². The molecule has 0 bridgehead atoms. The third kappa shape index (κ3) is 5.88. The third-order valence-corrected chi connectivity index (χ3v) is 6.79. The number of thiocarbonyl (C=S) groups is 1. The minimum absolute atomic E-state index is 0.0398. The second kappa shape index (κ2) is 11.6. The van der Waals surface area contributed by atoms with Crippen LogP contribution in [0.3, 0.4) is 0 Å². The number of benzene rings is 2. The van der Waals surface area contributed by atoms with Crippen molar-refractivity contribution in [2.75, 3.05) is 25.0 Å². The van der Waals surface area contributed by atoms with Crippen molar-refractivity contribution in [2.24, 2.45) is 10.9 Å². The zero-order valence-corrected chi connectivity index (χ0v) is 21.9. The van der Waals surface area contributed by atoms with Gasteiger partial charge in [-0.1, -0.05) is 60.7 Å². The molecule has 4 rings (SSSR count). The summed E-state index contributed by atoms with van der Waals surface area (Å²) >= 11 is 5.43. The van der Waals surface area contributed by atoms with Crippen LogP contribution in [-0.4, -0.2) is 50.7 Å². The molecule has 36 heavy (non-hydrogen) atoms. The Bertz CT molecular complexity index is 1130. The van der Waals surface area contributed by atoms with Crippen LogP contribution >= 0.6 is 12.2 Å². The van der Waals surface area contributed by atoms with Crippen molar-refractivity contribution in [2.45, 2.75) is 39.2 Å². The summed E-state index contributed by atoms with van der Waals surface area (Å²) in [6, 6.07) is 21.9. The van der Waals surface area contributed by atoms with Crippen LogP contribution in [-0.2, 0) is 5.60 Å². The predicted molar refractivity (Wildman–Crippen MR) is 149 cm³/mol. The van der Waals surface area contributed by atoms with Gasteiger partial charge >= 0.3 is 0 Å². The van der Waals surface area contributed by atoms with E-state index in [4.69, 9.17) is 12.2 Å². The second-order valence-electron chi connectivity index (χ2n) is 9.13. The fourth-order valence-corrected chi connectivity index (χ4v) is 5.11. The van der Waals surface area contributed by atoms with Crippen molar-refractivity contribution in [3.63, 3.8) is 0 Å². The fourth-order valence-electron chi connectivity index (χ4n) is 4.88. The molecule has 1 aliphatic heterocycles. The molecule has 0 saturated carbocycles. The molecule has 7 nitrogen and oxygen atoms in total. The first-order valence-corrected chi connectivity index (χ1v) is 12.8. The van der Waals surface area contributed by atoms with Crippen LogP contribution in [0.4, 0.5) is 5.95 Å². The van der Waals surface area contributed by atoms with E-state index in [-0.39, 0.29) is 5.92 Å². The molecular formula is C28H34N6OS. The number of likely N-dealkylation sites (tertiary alicyclic amines) is 1. The molecule has 3 N–H and O–H groups in total. The highest BCUT2D eigenvalue weighted by Crippen LogP contribution is 2.41. The molecule has 0 aliphatic carbocycles. The van der Waals surface area contributed by atoms with E-state index in [1.54, 1.807) is 0 Å². The number of nitrogens with zero attached hydrogens (tertiary/aromatic N) is 4. The molecule has 1 aliphatic rings. The standard InChI is InChI=1S/C28H34N6OS/c1-4-29-27(36)33-26(32-25-30-20(2)19-21(3)31-25)34-17-15-24(16-18-34)28(35,22-11-7-5-8-12-22)23-13-9-6-10-14-23/h5-14,19,24,35H,4,15-18H2,1-3H3,(H2,29,30,31,32,33,36). The van der Waals surface area contributed by atoms with E-state index in [1.807, 2.05) is 87.5 Å². The molecule has 0 radical (unpaired) electrons. The van der Waals surface area contributed by atoms with Crippen LogP contribution < -0.4 is 10.6 Å². The van der Waals surface area contributed by atoms with Crippen LogP contribution in [0.15, 0.2) is 71.7 Å². The zero-order chi connectivity index (χ0) is 25.5. The van der Waals surface area contributed by atoms with E-state index in [9.17, 15) is 5.11 Å². The lowest BCUT2D eigenvalue weighted by Gasteiger charge is -2.43. The van der Waals surface area contributed by atoms with Crippen molar-refractivity contribution in [3.8, 4) is 0 Å². The first-order chi connectivity index (χ1) is 17.4. The first kappa shape index (κ1) is 25.7. The number of hydrogen-bond donors (Lipinski definition) is 3. The molecule has 0 spiro atoms. The van der Waals surface area contributed by atoms with Gasteiger partial charge in [-0.2, -0.15) is 4.99 Å². The summed E-state index contributed by atoms with van der Waals surface area (Å²) in [4.78, 5) is 15.9. The summed E-state index contributed by atoms with van der Waals surface area (Å²) in [6.45, 7) is 7.98. The van der Waals surface area contributed by atoms with Crippen molar-refractivity contribution in [1.29, 1.82) is 0 Å². The lowest BCUT2D eigenvalue weighted by Crippen LogP contribution is -2.48. The zero-order valence-electron chi connectivity index (χ0n) is 21.1. The largest absolute Gasteiger partial charge is 0.380 e. The maximum atomic E-state index is 12.2. The highest BCUT2D eigenvalue weighted by molar-refractivity contribution is 7.80. The van der Waals surface area contributed by atoms with Gasteiger partial charge in [0.15, 0.2) is 5.11 Å². The number of aliphatic imine (C=N–C) groups is 1. The van der Waals surface area contributed by atoms with Crippen LogP contribution in [0, 0.1) is 19.8 Å². The molecule has 8 heteroatoms. The van der Waals surface area contributed by atoms with Crippen LogP contribution in [0.1, 0.15) is 42.3 Å². The first-order valence-electron chi connectivity index (χ1n) is 12.4. The molecule has 1 aromatic heterocycles. The van der Waals surface area contributed by atoms with E-state index >= 15 is 0 Å². The van der Waals surface area contributed by atoms with Crippen molar-refractivity contribution in [1.82, 2.24) is 20.2 Å². The third-order valence-electron chi connectivity index (χ3n) is 6.55. The SMILES string of the molecule is CCNC(=S)/N=C(/Nc1nc(C)cc(C)n1)N1CCC(C(O)(c2ccccc2)c2ccccc2)CC1. The molecule has 1 fully saturated rings. The summed E-state index contributed by atoms with van der Waals surface area (Å²) in [5, 5.41) is 19.0. The molecule has 1 saturated heterocycles. The molecule has 2 aromatic carbocycles. The number of guanidine groups is 1. The molecule has 0 amide bonds. The number of anilines is 1. The highest BCUT2D eigenvalue weighted by Gasteiger charge is 2.42.